The van der Waals surface area contributed by atoms with Crippen LogP contribution in [-0.2, 0) is 22.5 Å². The first-order valence-corrected chi connectivity index (χ1v) is 14.0. The molecule has 0 saturated carbocycles. The van der Waals surface area contributed by atoms with E-state index in [1.54, 1.807) is 12.1 Å². The van der Waals surface area contributed by atoms with Crippen LogP contribution < -0.4 is 5.32 Å². The smallest absolute Gasteiger partial charge is 0.407 e. The van der Waals surface area contributed by atoms with Crippen LogP contribution in [0.3, 0.4) is 0 Å². The number of carboxylic acids is 1. The van der Waals surface area contributed by atoms with Crippen molar-refractivity contribution in [1.29, 1.82) is 0 Å². The second-order valence-corrected chi connectivity index (χ2v) is 10.9. The van der Waals surface area contributed by atoms with E-state index in [0.717, 1.165) is 44.3 Å². The molecule has 0 fully saturated rings. The molecule has 4 aromatic carbocycles. The number of hydrogen-bond donors (Lipinski definition) is 2. The molecule has 1 amide bonds. The van der Waals surface area contributed by atoms with Crippen LogP contribution in [0.25, 0.3) is 22.0 Å². The van der Waals surface area contributed by atoms with E-state index in [0.29, 0.717) is 16.6 Å². The Morgan fingerprint density at radius 3 is 2.22 bits per heavy atom. The van der Waals surface area contributed by atoms with Crippen molar-refractivity contribution < 1.29 is 19.4 Å². The molecular formula is C33H26Cl2N2O4. The number of carbonyl (C=O) groups is 2. The lowest BCUT2D eigenvalue weighted by Crippen LogP contribution is -2.42. The third-order valence-corrected chi connectivity index (χ3v) is 8.17. The molecule has 6 rings (SSSR count). The van der Waals surface area contributed by atoms with Crippen molar-refractivity contribution in [2.45, 2.75) is 24.9 Å². The number of carboxylic acid groups (broad SMARTS) is 1. The molecule has 1 aliphatic rings. The minimum atomic E-state index is -1.18. The van der Waals surface area contributed by atoms with Crippen LogP contribution in [0, 0.1) is 0 Å². The molecule has 0 aliphatic heterocycles. The van der Waals surface area contributed by atoms with E-state index in [9.17, 15) is 14.7 Å². The zero-order valence-corrected chi connectivity index (χ0v) is 23.4. The van der Waals surface area contributed by atoms with Gasteiger partial charge in [-0.3, -0.25) is 0 Å². The topological polar surface area (TPSA) is 80.6 Å². The lowest BCUT2D eigenvalue weighted by Gasteiger charge is -2.17. The van der Waals surface area contributed by atoms with Gasteiger partial charge in [0.1, 0.15) is 12.6 Å². The Morgan fingerprint density at radius 1 is 0.878 bits per heavy atom. The van der Waals surface area contributed by atoms with Crippen LogP contribution in [0.2, 0.25) is 10.0 Å². The number of carbonyl (C=O) groups excluding carboxylic acids is 1. The van der Waals surface area contributed by atoms with Gasteiger partial charge in [-0.2, -0.15) is 0 Å². The third kappa shape index (κ3) is 5.41. The van der Waals surface area contributed by atoms with Gasteiger partial charge in [-0.15, -0.1) is 0 Å². The summed E-state index contributed by atoms with van der Waals surface area (Å²) in [6.07, 6.45) is 1.22. The minimum Gasteiger partial charge on any atom is -0.480 e. The van der Waals surface area contributed by atoms with Crippen LogP contribution in [0.15, 0.2) is 97.2 Å². The molecule has 206 valence electrons. The molecule has 41 heavy (non-hydrogen) atoms. The average molecular weight is 585 g/mol. The number of rotatable bonds is 8. The van der Waals surface area contributed by atoms with Gasteiger partial charge in [0, 0.05) is 46.0 Å². The summed E-state index contributed by atoms with van der Waals surface area (Å²) in [4.78, 5) is 25.1. The first kappa shape index (κ1) is 26.9. The highest BCUT2D eigenvalue weighted by Gasteiger charge is 2.30. The first-order chi connectivity index (χ1) is 19.9. The zero-order valence-electron chi connectivity index (χ0n) is 21.9. The largest absolute Gasteiger partial charge is 0.480 e. The second kappa shape index (κ2) is 11.3. The van der Waals surface area contributed by atoms with Gasteiger partial charge in [-0.25, -0.2) is 9.59 Å². The quantitative estimate of drug-likeness (QED) is 0.197. The van der Waals surface area contributed by atoms with Crippen molar-refractivity contribution in [3.05, 3.63) is 129 Å². The van der Waals surface area contributed by atoms with E-state index in [2.05, 4.69) is 17.4 Å². The molecule has 1 atom stereocenters. The van der Waals surface area contributed by atoms with E-state index in [4.69, 9.17) is 27.9 Å². The SMILES string of the molecule is O=C(NC(Cc1cn(Cc2ccc(Cl)cc2Cl)c2ccccc12)C(=O)O)OCC1c2ccccc2-c2ccccc21. The summed E-state index contributed by atoms with van der Waals surface area (Å²) in [5, 5.41) is 14.6. The van der Waals surface area contributed by atoms with Crippen molar-refractivity contribution in [3.8, 4) is 11.1 Å². The molecule has 1 aliphatic carbocycles. The van der Waals surface area contributed by atoms with E-state index in [1.807, 2.05) is 77.5 Å². The van der Waals surface area contributed by atoms with E-state index < -0.39 is 18.1 Å². The fraction of sp³-hybridized carbons (Fsp3) is 0.152. The molecule has 8 heteroatoms. The Labute approximate surface area is 247 Å². The number of benzene rings is 4. The minimum absolute atomic E-state index is 0.0847. The summed E-state index contributed by atoms with van der Waals surface area (Å²) in [5.41, 5.74) is 7.02. The fourth-order valence-electron chi connectivity index (χ4n) is 5.65. The summed E-state index contributed by atoms with van der Waals surface area (Å²) >= 11 is 12.5. The number of alkyl carbamates (subject to hydrolysis) is 1. The van der Waals surface area contributed by atoms with Gasteiger partial charge in [0.25, 0.3) is 0 Å². The molecule has 0 spiro atoms. The maximum absolute atomic E-state index is 12.9. The van der Waals surface area contributed by atoms with E-state index in [-0.39, 0.29) is 18.9 Å². The number of aliphatic carboxylic acids is 1. The Morgan fingerprint density at radius 2 is 1.54 bits per heavy atom. The Bertz CT molecular complexity index is 1740. The average Bonchev–Trinajstić information content (AvgIpc) is 3.48. The van der Waals surface area contributed by atoms with Gasteiger partial charge >= 0.3 is 12.1 Å². The predicted octanol–water partition coefficient (Wildman–Crippen LogP) is 7.53. The van der Waals surface area contributed by atoms with Gasteiger partial charge in [0.05, 0.1) is 0 Å². The molecule has 1 unspecified atom stereocenters. The van der Waals surface area contributed by atoms with Crippen molar-refractivity contribution in [2.75, 3.05) is 6.61 Å². The maximum Gasteiger partial charge on any atom is 0.407 e. The number of halogens is 2. The summed E-state index contributed by atoms with van der Waals surface area (Å²) in [6, 6.07) is 28.0. The number of aromatic nitrogens is 1. The van der Waals surface area contributed by atoms with Crippen LogP contribution in [0.5, 0.6) is 0 Å². The zero-order chi connectivity index (χ0) is 28.5. The highest BCUT2D eigenvalue weighted by molar-refractivity contribution is 6.35. The lowest BCUT2D eigenvalue weighted by molar-refractivity contribution is -0.139. The van der Waals surface area contributed by atoms with Crippen molar-refractivity contribution in [3.63, 3.8) is 0 Å². The summed E-state index contributed by atoms with van der Waals surface area (Å²) in [5.74, 6) is -1.26. The van der Waals surface area contributed by atoms with Crippen LogP contribution in [0.4, 0.5) is 4.79 Å². The number of nitrogens with one attached hydrogen (secondary N) is 1. The molecule has 6 nitrogen and oxygen atoms in total. The summed E-state index contributed by atoms with van der Waals surface area (Å²) in [7, 11) is 0. The number of hydrogen-bond acceptors (Lipinski definition) is 3. The van der Waals surface area contributed by atoms with Gasteiger partial charge in [-0.1, -0.05) is 96.0 Å². The molecule has 2 N–H and O–H groups in total. The Hall–Kier alpha value is -4.26. The molecule has 5 aromatic rings. The van der Waals surface area contributed by atoms with Crippen molar-refractivity contribution >= 4 is 46.2 Å². The van der Waals surface area contributed by atoms with Crippen LogP contribution in [-0.4, -0.2) is 34.4 Å². The number of fused-ring (bicyclic) bond motifs is 4. The molecule has 0 saturated heterocycles. The lowest BCUT2D eigenvalue weighted by atomic mass is 9.98. The first-order valence-electron chi connectivity index (χ1n) is 13.2. The van der Waals surface area contributed by atoms with E-state index in [1.165, 1.54) is 0 Å². The Balaban J connectivity index is 1.18. The normalized spacial score (nSPS) is 13.0. The summed E-state index contributed by atoms with van der Waals surface area (Å²) < 4.78 is 7.63. The van der Waals surface area contributed by atoms with Crippen LogP contribution in [0.1, 0.15) is 28.2 Å². The van der Waals surface area contributed by atoms with Crippen molar-refractivity contribution in [1.82, 2.24) is 9.88 Å². The highest BCUT2D eigenvalue weighted by atomic mass is 35.5. The number of amides is 1. The summed E-state index contributed by atoms with van der Waals surface area (Å²) in [6.45, 7) is 0.585. The molecule has 0 radical (unpaired) electrons. The van der Waals surface area contributed by atoms with Gasteiger partial charge in [-0.05, 0) is 51.6 Å². The molecule has 0 bridgehead atoms. The van der Waals surface area contributed by atoms with Gasteiger partial charge in [0.2, 0.25) is 0 Å². The van der Waals surface area contributed by atoms with Crippen molar-refractivity contribution in [2.24, 2.45) is 0 Å². The highest BCUT2D eigenvalue weighted by Crippen LogP contribution is 2.44. The molecule has 1 aromatic heterocycles. The number of nitrogens with zero attached hydrogens (tertiary/aromatic N) is 1. The number of ether oxygens (including phenoxy) is 1. The molecular weight excluding hydrogens is 559 g/mol. The van der Waals surface area contributed by atoms with E-state index >= 15 is 0 Å². The molecule has 1 heterocycles. The predicted molar refractivity (Wildman–Crippen MR) is 161 cm³/mol. The maximum atomic E-state index is 12.9. The number of para-hydroxylation sites is 1. The van der Waals surface area contributed by atoms with Crippen LogP contribution >= 0.6 is 23.2 Å². The Kier molecular flexibility index (Phi) is 7.43. The monoisotopic (exact) mass is 584 g/mol. The second-order valence-electron chi connectivity index (χ2n) is 10.1. The van der Waals surface area contributed by atoms with Gasteiger partial charge in [0.15, 0.2) is 0 Å². The third-order valence-electron chi connectivity index (χ3n) is 7.58. The fourth-order valence-corrected chi connectivity index (χ4v) is 6.12. The standard InChI is InChI=1S/C33H26Cl2N2O4/c34-22-14-13-20(29(35)16-22)17-37-18-21(23-7-5-6-12-31(23)37)15-30(32(38)39)36-33(40)41-19-28-26-10-3-1-8-24(26)25-9-2-4-11-27(25)28/h1-14,16,18,28,30H,15,17,19H2,(H,36,40)(H,38,39). The van der Waals surface area contributed by atoms with Gasteiger partial charge < -0.3 is 19.7 Å².